The smallest absolute Gasteiger partial charge is 0.137 e. The second-order valence-electron chi connectivity index (χ2n) is 8.62. The monoisotopic (exact) mass is 338 g/mol. The van der Waals surface area contributed by atoms with Gasteiger partial charge in [0.25, 0.3) is 0 Å². The summed E-state index contributed by atoms with van der Waals surface area (Å²) < 4.78 is 0. The minimum Gasteiger partial charge on any atom is -0.142 e. The largest absolute Gasteiger partial charge is 0.142 e. The summed E-state index contributed by atoms with van der Waals surface area (Å²) in [6, 6.07) is 0. The highest BCUT2D eigenvalue weighted by molar-refractivity contribution is 7.71. The van der Waals surface area contributed by atoms with Crippen molar-refractivity contribution in [2.24, 2.45) is 0 Å². The Bertz CT molecular complexity index is 457. The Labute approximate surface area is 125 Å². The van der Waals surface area contributed by atoms with E-state index in [0.717, 1.165) is 0 Å². The predicted octanol–water partition coefficient (Wildman–Crippen LogP) is 3.94. The normalized spacial score (nSPS) is 28.5. The molecule has 106 valence electrons. The fourth-order valence-electron chi connectivity index (χ4n) is 2.03. The lowest BCUT2D eigenvalue weighted by atomic mass is 11.4. The lowest BCUT2D eigenvalue weighted by Gasteiger charge is -2.42. The van der Waals surface area contributed by atoms with Gasteiger partial charge in [-0.05, 0) is 0 Å². The summed E-state index contributed by atoms with van der Waals surface area (Å²) in [7, 11) is -7.09. The van der Waals surface area contributed by atoms with E-state index < -0.39 is 37.5 Å². The van der Waals surface area contributed by atoms with Crippen molar-refractivity contribution >= 4 is 37.5 Å². The maximum atomic E-state index is 3.89. The SMILES string of the molecule is C[Si]1(C)C#C[Si](C)(C)[Si](C)(C)[Si](C)(C)C#C[Si]1(C)C. The Morgan fingerprint density at radius 3 is 0.842 bits per heavy atom. The minimum absolute atomic E-state index is 1.31. The van der Waals surface area contributed by atoms with E-state index >= 15 is 0 Å². The first-order chi connectivity index (χ1) is 8.16. The van der Waals surface area contributed by atoms with Crippen molar-refractivity contribution in [1.82, 2.24) is 0 Å². The molecule has 0 spiro atoms. The van der Waals surface area contributed by atoms with E-state index in [1.165, 1.54) is 0 Å². The van der Waals surface area contributed by atoms with Crippen molar-refractivity contribution in [3.8, 4) is 22.2 Å². The van der Waals surface area contributed by atoms with Gasteiger partial charge >= 0.3 is 0 Å². The van der Waals surface area contributed by atoms with Crippen LogP contribution in [0.25, 0.3) is 0 Å². The number of hydrogen-bond donors (Lipinski definition) is 0. The van der Waals surface area contributed by atoms with Gasteiger partial charge in [0, 0.05) is 0 Å². The van der Waals surface area contributed by atoms with E-state index in [1.54, 1.807) is 0 Å². The standard InChI is InChI=1S/C14H30Si5/c1-15(2)11-13-17(5,6)19(9,10)18(7,8)14-12-16(15,3)4/h1-10H3. The van der Waals surface area contributed by atoms with Crippen molar-refractivity contribution in [3.05, 3.63) is 0 Å². The maximum Gasteiger partial charge on any atom is 0.137 e. The molecule has 1 aliphatic heterocycles. The van der Waals surface area contributed by atoms with Crippen LogP contribution in [-0.4, -0.2) is 37.5 Å². The third-order valence-electron chi connectivity index (χ3n) is 6.06. The van der Waals surface area contributed by atoms with Gasteiger partial charge in [0.1, 0.15) is 30.4 Å². The molecule has 1 rings (SSSR count). The highest BCUT2D eigenvalue weighted by Crippen LogP contribution is 2.30. The molecule has 1 aliphatic rings. The van der Waals surface area contributed by atoms with Crippen molar-refractivity contribution in [2.75, 3.05) is 0 Å². The van der Waals surface area contributed by atoms with Gasteiger partial charge < -0.3 is 0 Å². The Balaban J connectivity index is 3.65. The third kappa shape index (κ3) is 2.82. The molecular formula is C14H30Si5. The summed E-state index contributed by atoms with van der Waals surface area (Å²) in [6.07, 6.45) is 0. The molecule has 0 amide bonds. The summed E-state index contributed by atoms with van der Waals surface area (Å²) in [4.78, 5) is 0. The minimum atomic E-state index is -1.46. The first-order valence-corrected chi connectivity index (χ1v) is 25.2. The fraction of sp³-hybridized carbons (Fsp3) is 0.714. The van der Waals surface area contributed by atoms with Crippen molar-refractivity contribution in [3.63, 3.8) is 0 Å². The molecule has 0 N–H and O–H groups in total. The van der Waals surface area contributed by atoms with Crippen LogP contribution >= 0.6 is 0 Å². The molecule has 0 saturated heterocycles. The van der Waals surface area contributed by atoms with Crippen LogP contribution in [0, 0.1) is 22.2 Å². The summed E-state index contributed by atoms with van der Waals surface area (Å²) in [6.45, 7) is 25.1. The van der Waals surface area contributed by atoms with E-state index in [1.807, 2.05) is 0 Å². The first kappa shape index (κ1) is 17.3. The molecule has 0 aromatic heterocycles. The van der Waals surface area contributed by atoms with Crippen molar-refractivity contribution < 1.29 is 0 Å². The van der Waals surface area contributed by atoms with E-state index in [-0.39, 0.29) is 0 Å². The molecule has 0 fully saturated rings. The van der Waals surface area contributed by atoms with Crippen LogP contribution in [-0.2, 0) is 0 Å². The average molecular weight is 339 g/mol. The zero-order chi connectivity index (χ0) is 15.3. The molecule has 0 saturated carbocycles. The molecule has 0 radical (unpaired) electrons. The zero-order valence-corrected chi connectivity index (χ0v) is 19.5. The second kappa shape index (κ2) is 4.61. The van der Waals surface area contributed by atoms with Gasteiger partial charge in [0.15, 0.2) is 0 Å². The Morgan fingerprint density at radius 2 is 0.579 bits per heavy atom. The summed E-state index contributed by atoms with van der Waals surface area (Å²) in [5.74, 6) is 0. The first-order valence-electron chi connectivity index (χ1n) is 7.25. The molecule has 0 bridgehead atoms. The van der Waals surface area contributed by atoms with Gasteiger partial charge in [-0.25, -0.2) is 0 Å². The van der Waals surface area contributed by atoms with E-state index in [9.17, 15) is 0 Å². The van der Waals surface area contributed by atoms with Gasteiger partial charge in [-0.1, -0.05) is 65.5 Å². The molecule has 0 aliphatic carbocycles. The Hall–Kier alpha value is 0.204. The Morgan fingerprint density at radius 1 is 0.368 bits per heavy atom. The molecular weight excluding hydrogens is 309 g/mol. The maximum absolute atomic E-state index is 3.89. The van der Waals surface area contributed by atoms with Gasteiger partial charge in [-0.2, -0.15) is 0 Å². The quantitative estimate of drug-likeness (QED) is 0.463. The highest BCUT2D eigenvalue weighted by atomic mass is 29.6. The summed E-state index contributed by atoms with van der Waals surface area (Å²) >= 11 is 0. The lowest BCUT2D eigenvalue weighted by Crippen LogP contribution is -2.69. The van der Waals surface area contributed by atoms with Crippen LogP contribution in [0.2, 0.25) is 65.5 Å². The molecule has 5 heteroatoms. The van der Waals surface area contributed by atoms with Crippen LogP contribution in [0.3, 0.4) is 0 Å². The van der Waals surface area contributed by atoms with E-state index in [0.29, 0.717) is 0 Å². The van der Waals surface area contributed by atoms with Crippen LogP contribution in [0.4, 0.5) is 0 Å². The van der Waals surface area contributed by atoms with Gasteiger partial charge in [-0.3, -0.25) is 0 Å². The highest BCUT2D eigenvalue weighted by Gasteiger charge is 2.53. The van der Waals surface area contributed by atoms with Gasteiger partial charge in [-0.15, -0.1) is 22.2 Å². The fourth-order valence-corrected chi connectivity index (χ4v) is 35.7. The summed E-state index contributed by atoms with van der Waals surface area (Å²) in [5, 5.41) is 0. The Kier molecular flexibility index (Phi) is 4.18. The molecule has 19 heavy (non-hydrogen) atoms. The van der Waals surface area contributed by atoms with Gasteiger partial charge in [0.2, 0.25) is 0 Å². The summed E-state index contributed by atoms with van der Waals surface area (Å²) in [5.41, 5.74) is 15.5. The average Bonchev–Trinajstić information content (AvgIpc) is 2.23. The van der Waals surface area contributed by atoms with Crippen molar-refractivity contribution in [1.29, 1.82) is 0 Å². The molecule has 0 unspecified atom stereocenters. The number of hydrogen-bond acceptors (Lipinski definition) is 0. The van der Waals surface area contributed by atoms with E-state index in [2.05, 4.69) is 87.6 Å². The molecule has 0 nitrogen and oxygen atoms in total. The zero-order valence-electron chi connectivity index (χ0n) is 14.5. The van der Waals surface area contributed by atoms with Crippen LogP contribution in [0.5, 0.6) is 0 Å². The van der Waals surface area contributed by atoms with E-state index in [4.69, 9.17) is 0 Å². The van der Waals surface area contributed by atoms with Crippen molar-refractivity contribution in [2.45, 2.75) is 65.5 Å². The predicted molar refractivity (Wildman–Crippen MR) is 103 cm³/mol. The topological polar surface area (TPSA) is 0 Å². The second-order valence-corrected chi connectivity index (χ2v) is 49.9. The van der Waals surface area contributed by atoms with Crippen LogP contribution in [0.1, 0.15) is 0 Å². The molecule has 1 heterocycles. The molecule has 0 aromatic carbocycles. The number of rotatable bonds is 0. The molecule has 0 aromatic rings. The van der Waals surface area contributed by atoms with Gasteiger partial charge in [0.05, 0.1) is 7.11 Å². The van der Waals surface area contributed by atoms with Crippen LogP contribution in [0.15, 0.2) is 0 Å². The van der Waals surface area contributed by atoms with Crippen LogP contribution < -0.4 is 0 Å². The molecule has 0 atom stereocenters. The third-order valence-corrected chi connectivity index (χ3v) is 59.8. The lowest BCUT2D eigenvalue weighted by molar-refractivity contribution is 1.80.